The van der Waals surface area contributed by atoms with Crippen molar-refractivity contribution >= 4 is 11.1 Å². The van der Waals surface area contributed by atoms with Gasteiger partial charge in [-0.1, -0.05) is 42.5 Å². The lowest BCUT2D eigenvalue weighted by Crippen LogP contribution is -2.33. The molecular weight excluding hydrogens is 288 g/mol. The molecule has 1 saturated heterocycles. The van der Waals surface area contributed by atoms with Crippen molar-refractivity contribution in [1.82, 2.24) is 9.88 Å². The summed E-state index contributed by atoms with van der Waals surface area (Å²) in [7, 11) is 0. The third kappa shape index (κ3) is 2.94. The van der Waals surface area contributed by atoms with Crippen molar-refractivity contribution in [3.05, 3.63) is 70.2 Å². The Labute approximate surface area is 134 Å². The molecule has 4 nitrogen and oxygen atoms in total. The number of aromatic nitrogens is 1. The number of aromatic amines is 1. The largest absolute Gasteiger partial charge is 0.417 e. The standard InChI is InChI=1S/C19H20N2O2/c22-19-20-17-10-4-9-16(18(17)23-19)15-8-5-11-21(13-15)12-14-6-2-1-3-7-14/h1-4,6-7,9-10,15H,5,8,11-13H2,(H,20,22). The minimum Gasteiger partial charge on any atom is -0.408 e. The van der Waals surface area contributed by atoms with Crippen LogP contribution in [-0.2, 0) is 6.54 Å². The summed E-state index contributed by atoms with van der Waals surface area (Å²) >= 11 is 0. The molecule has 0 amide bonds. The lowest BCUT2D eigenvalue weighted by atomic mass is 9.90. The Morgan fingerprint density at radius 1 is 1.13 bits per heavy atom. The van der Waals surface area contributed by atoms with Gasteiger partial charge in [0, 0.05) is 24.6 Å². The van der Waals surface area contributed by atoms with Crippen LogP contribution >= 0.6 is 0 Å². The molecule has 118 valence electrons. The summed E-state index contributed by atoms with van der Waals surface area (Å²) in [5.74, 6) is 0.0412. The highest BCUT2D eigenvalue weighted by atomic mass is 16.4. The second-order valence-corrected chi connectivity index (χ2v) is 6.30. The van der Waals surface area contributed by atoms with E-state index in [1.807, 2.05) is 12.1 Å². The zero-order valence-electron chi connectivity index (χ0n) is 13.0. The second-order valence-electron chi connectivity index (χ2n) is 6.30. The van der Waals surface area contributed by atoms with Gasteiger partial charge in [-0.2, -0.15) is 0 Å². The fourth-order valence-electron chi connectivity index (χ4n) is 3.61. The quantitative estimate of drug-likeness (QED) is 0.805. The topological polar surface area (TPSA) is 49.2 Å². The van der Waals surface area contributed by atoms with Crippen LogP contribution in [0.15, 0.2) is 57.7 Å². The average Bonchev–Trinajstić information content (AvgIpc) is 2.96. The molecule has 2 heterocycles. The van der Waals surface area contributed by atoms with Gasteiger partial charge in [0.25, 0.3) is 0 Å². The molecule has 1 atom stereocenters. The van der Waals surface area contributed by atoms with Crippen LogP contribution < -0.4 is 5.76 Å². The smallest absolute Gasteiger partial charge is 0.408 e. The minimum atomic E-state index is -0.371. The summed E-state index contributed by atoms with van der Waals surface area (Å²) in [6.45, 7) is 3.10. The molecule has 1 aliphatic rings. The third-order valence-electron chi connectivity index (χ3n) is 4.67. The van der Waals surface area contributed by atoms with Gasteiger partial charge in [-0.25, -0.2) is 4.79 Å². The van der Waals surface area contributed by atoms with Crippen molar-refractivity contribution in [2.75, 3.05) is 13.1 Å². The number of fused-ring (bicyclic) bond motifs is 1. The van der Waals surface area contributed by atoms with Gasteiger partial charge in [0.05, 0.1) is 5.52 Å². The van der Waals surface area contributed by atoms with Gasteiger partial charge in [0.1, 0.15) is 0 Å². The first-order valence-electron chi connectivity index (χ1n) is 8.17. The molecule has 0 radical (unpaired) electrons. The Balaban J connectivity index is 1.58. The van der Waals surface area contributed by atoms with Gasteiger partial charge in [-0.05, 0) is 31.0 Å². The molecule has 23 heavy (non-hydrogen) atoms. The van der Waals surface area contributed by atoms with Crippen molar-refractivity contribution in [3.8, 4) is 0 Å². The van der Waals surface area contributed by atoms with Crippen molar-refractivity contribution in [1.29, 1.82) is 0 Å². The fourth-order valence-corrected chi connectivity index (χ4v) is 3.61. The summed E-state index contributed by atoms with van der Waals surface area (Å²) < 4.78 is 5.38. The van der Waals surface area contributed by atoms with Crippen LogP contribution in [0.2, 0.25) is 0 Å². The van der Waals surface area contributed by atoms with E-state index in [0.717, 1.165) is 42.7 Å². The van der Waals surface area contributed by atoms with Crippen LogP contribution in [0.25, 0.3) is 11.1 Å². The van der Waals surface area contributed by atoms with Gasteiger partial charge < -0.3 is 4.42 Å². The van der Waals surface area contributed by atoms with Crippen LogP contribution in [0.3, 0.4) is 0 Å². The highest BCUT2D eigenvalue weighted by Crippen LogP contribution is 2.31. The van der Waals surface area contributed by atoms with Crippen LogP contribution in [-0.4, -0.2) is 23.0 Å². The van der Waals surface area contributed by atoms with Crippen molar-refractivity contribution < 1.29 is 4.42 Å². The number of rotatable bonds is 3. The first-order valence-corrected chi connectivity index (χ1v) is 8.17. The number of benzene rings is 2. The van der Waals surface area contributed by atoms with Gasteiger partial charge in [-0.3, -0.25) is 9.88 Å². The van der Waals surface area contributed by atoms with E-state index < -0.39 is 0 Å². The summed E-state index contributed by atoms with van der Waals surface area (Å²) in [5, 5.41) is 0. The normalized spacial score (nSPS) is 19.2. The Morgan fingerprint density at radius 2 is 2.00 bits per heavy atom. The lowest BCUT2D eigenvalue weighted by molar-refractivity contribution is 0.200. The van der Waals surface area contributed by atoms with E-state index in [2.05, 4.69) is 46.3 Å². The van der Waals surface area contributed by atoms with E-state index in [0.29, 0.717) is 5.92 Å². The zero-order chi connectivity index (χ0) is 15.6. The molecule has 0 bridgehead atoms. The summed E-state index contributed by atoms with van der Waals surface area (Å²) in [4.78, 5) is 16.7. The molecule has 4 heteroatoms. The maximum Gasteiger partial charge on any atom is 0.417 e. The number of likely N-dealkylation sites (tertiary alicyclic amines) is 1. The molecule has 1 aromatic heterocycles. The maximum atomic E-state index is 11.5. The summed E-state index contributed by atoms with van der Waals surface area (Å²) in [6, 6.07) is 16.6. The van der Waals surface area contributed by atoms with E-state index in [1.54, 1.807) is 0 Å². The number of H-pyrrole nitrogens is 1. The molecule has 1 aliphatic heterocycles. The number of para-hydroxylation sites is 1. The van der Waals surface area contributed by atoms with Gasteiger partial charge in [-0.15, -0.1) is 0 Å². The van der Waals surface area contributed by atoms with Crippen LogP contribution in [0, 0.1) is 0 Å². The Bertz CT molecular complexity index is 850. The molecule has 1 fully saturated rings. The number of piperidine rings is 1. The monoisotopic (exact) mass is 308 g/mol. The molecular formula is C19H20N2O2. The molecule has 0 spiro atoms. The van der Waals surface area contributed by atoms with Crippen LogP contribution in [0.5, 0.6) is 0 Å². The van der Waals surface area contributed by atoms with E-state index in [9.17, 15) is 4.79 Å². The predicted molar refractivity (Wildman–Crippen MR) is 90.5 cm³/mol. The van der Waals surface area contributed by atoms with Crippen molar-refractivity contribution in [3.63, 3.8) is 0 Å². The Hall–Kier alpha value is -2.33. The second kappa shape index (κ2) is 6.05. The lowest BCUT2D eigenvalue weighted by Gasteiger charge is -2.33. The molecule has 2 aromatic carbocycles. The van der Waals surface area contributed by atoms with Crippen LogP contribution in [0.1, 0.15) is 29.9 Å². The average molecular weight is 308 g/mol. The van der Waals surface area contributed by atoms with Gasteiger partial charge >= 0.3 is 5.76 Å². The zero-order valence-corrected chi connectivity index (χ0v) is 13.0. The first kappa shape index (κ1) is 14.3. The van der Waals surface area contributed by atoms with Crippen LogP contribution in [0.4, 0.5) is 0 Å². The number of nitrogens with one attached hydrogen (secondary N) is 1. The molecule has 0 aliphatic carbocycles. The number of hydrogen-bond donors (Lipinski definition) is 1. The van der Waals surface area contributed by atoms with E-state index in [4.69, 9.17) is 4.42 Å². The number of oxazole rings is 1. The van der Waals surface area contributed by atoms with E-state index in [1.165, 1.54) is 12.0 Å². The maximum absolute atomic E-state index is 11.5. The number of nitrogens with zero attached hydrogens (tertiary/aromatic N) is 1. The van der Waals surface area contributed by atoms with Gasteiger partial charge in [0.2, 0.25) is 0 Å². The molecule has 0 saturated carbocycles. The van der Waals surface area contributed by atoms with E-state index in [-0.39, 0.29) is 5.76 Å². The van der Waals surface area contributed by atoms with Crippen molar-refractivity contribution in [2.45, 2.75) is 25.3 Å². The summed E-state index contributed by atoms with van der Waals surface area (Å²) in [5.41, 5.74) is 4.02. The Kier molecular flexibility index (Phi) is 3.75. The van der Waals surface area contributed by atoms with Gasteiger partial charge in [0.15, 0.2) is 5.58 Å². The summed E-state index contributed by atoms with van der Waals surface area (Å²) in [6.07, 6.45) is 2.31. The third-order valence-corrected chi connectivity index (χ3v) is 4.67. The van der Waals surface area contributed by atoms with Crippen molar-refractivity contribution in [2.24, 2.45) is 0 Å². The van der Waals surface area contributed by atoms with E-state index >= 15 is 0 Å². The molecule has 3 aromatic rings. The highest BCUT2D eigenvalue weighted by molar-refractivity contribution is 5.76. The Morgan fingerprint density at radius 3 is 2.87 bits per heavy atom. The first-order chi connectivity index (χ1) is 11.3. The highest BCUT2D eigenvalue weighted by Gasteiger charge is 2.24. The molecule has 1 unspecified atom stereocenters. The predicted octanol–water partition coefficient (Wildman–Crippen LogP) is 3.50. The molecule has 4 rings (SSSR count). The fraction of sp³-hybridized carbons (Fsp3) is 0.316. The molecule has 1 N–H and O–H groups in total. The minimum absolute atomic E-state index is 0.371. The SMILES string of the molecule is O=c1[nH]c2cccc(C3CCCN(Cc4ccccc4)C3)c2o1. The number of hydrogen-bond acceptors (Lipinski definition) is 3.